The van der Waals surface area contributed by atoms with Gasteiger partial charge in [-0.3, -0.25) is 4.90 Å². The van der Waals surface area contributed by atoms with Crippen LogP contribution < -0.4 is 5.32 Å². The molecule has 7 heteroatoms. The lowest BCUT2D eigenvalue weighted by molar-refractivity contribution is 0.0985. The normalized spacial score (nSPS) is 21.4. The summed E-state index contributed by atoms with van der Waals surface area (Å²) in [4.78, 5) is 17.6. The molecule has 30 heavy (non-hydrogen) atoms. The molecule has 0 spiro atoms. The van der Waals surface area contributed by atoms with Gasteiger partial charge in [-0.15, -0.1) is 10.2 Å². The van der Waals surface area contributed by atoms with E-state index in [4.69, 9.17) is 4.42 Å². The Bertz CT molecular complexity index is 801. The second kappa shape index (κ2) is 10.1. The van der Waals surface area contributed by atoms with Gasteiger partial charge in [0.25, 0.3) is 0 Å². The number of aromatic nitrogens is 2. The maximum Gasteiger partial charge on any atom is 0.322 e. The summed E-state index contributed by atoms with van der Waals surface area (Å²) in [5.41, 5.74) is 0.867. The van der Waals surface area contributed by atoms with E-state index in [0.717, 1.165) is 64.0 Å². The van der Waals surface area contributed by atoms with Crippen LogP contribution in [0.3, 0.4) is 0 Å². The number of nitrogens with one attached hydrogen (secondary N) is 1. The monoisotopic (exact) mass is 411 g/mol. The molecule has 162 valence electrons. The predicted molar refractivity (Wildman–Crippen MR) is 116 cm³/mol. The van der Waals surface area contributed by atoms with Crippen molar-refractivity contribution in [2.24, 2.45) is 5.92 Å². The lowest BCUT2D eigenvalue weighted by Gasteiger charge is -2.40. The molecule has 2 fully saturated rings. The van der Waals surface area contributed by atoms with Crippen molar-refractivity contribution in [3.05, 3.63) is 42.1 Å². The lowest BCUT2D eigenvalue weighted by atomic mass is 9.86. The summed E-state index contributed by atoms with van der Waals surface area (Å²) < 4.78 is 5.68. The maximum atomic E-state index is 13.1. The first-order valence-corrected chi connectivity index (χ1v) is 11.4. The van der Waals surface area contributed by atoms with Gasteiger partial charge >= 0.3 is 6.03 Å². The fourth-order valence-electron chi connectivity index (χ4n) is 4.78. The number of hydrogen-bond donors (Lipinski definition) is 1. The van der Waals surface area contributed by atoms with Crippen LogP contribution in [0.5, 0.6) is 0 Å². The van der Waals surface area contributed by atoms with E-state index >= 15 is 0 Å². The number of nitrogens with zero attached hydrogens (tertiary/aromatic N) is 4. The van der Waals surface area contributed by atoms with Crippen molar-refractivity contribution in [2.75, 3.05) is 25.0 Å². The average Bonchev–Trinajstić information content (AvgIpc) is 3.08. The van der Waals surface area contributed by atoms with Crippen LogP contribution in [0.4, 0.5) is 10.5 Å². The first-order valence-electron chi connectivity index (χ1n) is 11.4. The number of hydrogen-bond acceptors (Lipinski definition) is 5. The number of para-hydroxylation sites is 1. The highest BCUT2D eigenvalue weighted by atomic mass is 16.4. The fourth-order valence-corrected chi connectivity index (χ4v) is 4.78. The Kier molecular flexibility index (Phi) is 7.00. The van der Waals surface area contributed by atoms with E-state index < -0.39 is 0 Å². The number of piperidine rings is 1. The van der Waals surface area contributed by atoms with Crippen molar-refractivity contribution in [3.8, 4) is 0 Å². The third-order valence-electron chi connectivity index (χ3n) is 6.43. The Morgan fingerprint density at radius 2 is 1.80 bits per heavy atom. The second-order valence-corrected chi connectivity index (χ2v) is 8.46. The zero-order chi connectivity index (χ0) is 20.8. The summed E-state index contributed by atoms with van der Waals surface area (Å²) >= 11 is 0. The summed E-state index contributed by atoms with van der Waals surface area (Å²) in [7, 11) is 0. The predicted octanol–water partition coefficient (Wildman–Crippen LogP) is 4.32. The van der Waals surface area contributed by atoms with Crippen molar-refractivity contribution < 1.29 is 9.21 Å². The molecule has 7 nitrogen and oxygen atoms in total. The van der Waals surface area contributed by atoms with Crippen LogP contribution in [0.25, 0.3) is 0 Å². The standard InChI is InChI=1S/C23H33N5O2/c1-2-21-25-26-22(30-21)17-27-15-12-18(13-16-27)20-11-7-4-8-14-28(20)23(29)24-19-9-5-3-6-10-19/h3,5-6,9-10,18,20H,2,4,7-8,11-17H2,1H3,(H,24,29). The van der Waals surface area contributed by atoms with Crippen molar-refractivity contribution >= 4 is 11.7 Å². The van der Waals surface area contributed by atoms with E-state index in [0.29, 0.717) is 23.7 Å². The van der Waals surface area contributed by atoms with E-state index in [1.807, 2.05) is 37.3 Å². The minimum absolute atomic E-state index is 0.0495. The molecule has 1 N–H and O–H groups in total. The molecule has 0 radical (unpaired) electrons. The first-order chi connectivity index (χ1) is 14.7. The van der Waals surface area contributed by atoms with E-state index in [1.54, 1.807) is 0 Å². The third kappa shape index (κ3) is 5.19. The molecule has 4 rings (SSSR count). The van der Waals surface area contributed by atoms with E-state index in [1.165, 1.54) is 12.8 Å². The molecule has 0 saturated carbocycles. The Morgan fingerprint density at radius 1 is 1.03 bits per heavy atom. The van der Waals surface area contributed by atoms with E-state index in [2.05, 4.69) is 25.3 Å². The van der Waals surface area contributed by atoms with Crippen LogP contribution in [-0.2, 0) is 13.0 Å². The smallest absolute Gasteiger partial charge is 0.322 e. The Morgan fingerprint density at radius 3 is 2.53 bits per heavy atom. The number of rotatable bonds is 5. The minimum atomic E-state index is 0.0495. The summed E-state index contributed by atoms with van der Waals surface area (Å²) in [6, 6.07) is 10.2. The van der Waals surface area contributed by atoms with Crippen LogP contribution in [0.1, 0.15) is 57.2 Å². The highest BCUT2D eigenvalue weighted by molar-refractivity contribution is 5.89. The summed E-state index contributed by atoms with van der Waals surface area (Å²) in [6.07, 6.45) is 7.61. The Labute approximate surface area is 178 Å². The number of benzene rings is 1. The van der Waals surface area contributed by atoms with Gasteiger partial charge in [0, 0.05) is 24.7 Å². The van der Waals surface area contributed by atoms with Crippen LogP contribution in [0.2, 0.25) is 0 Å². The number of likely N-dealkylation sites (tertiary alicyclic amines) is 2. The largest absolute Gasteiger partial charge is 0.424 e. The number of aryl methyl sites for hydroxylation is 1. The molecule has 1 aromatic heterocycles. The summed E-state index contributed by atoms with van der Waals surface area (Å²) in [6.45, 7) is 5.63. The topological polar surface area (TPSA) is 74.5 Å². The van der Waals surface area contributed by atoms with Gasteiger partial charge in [-0.2, -0.15) is 0 Å². The molecule has 1 aromatic carbocycles. The van der Waals surface area contributed by atoms with Gasteiger partial charge in [0.1, 0.15) is 0 Å². The van der Waals surface area contributed by atoms with Gasteiger partial charge in [-0.1, -0.05) is 38.0 Å². The molecule has 3 heterocycles. The number of carbonyl (C=O) groups excluding carboxylic acids is 1. The van der Waals surface area contributed by atoms with Gasteiger partial charge in [0.15, 0.2) is 0 Å². The van der Waals surface area contributed by atoms with Crippen LogP contribution >= 0.6 is 0 Å². The summed E-state index contributed by atoms with van der Waals surface area (Å²) in [5.74, 6) is 1.97. The van der Waals surface area contributed by atoms with Gasteiger partial charge in [-0.05, 0) is 56.8 Å². The van der Waals surface area contributed by atoms with Gasteiger partial charge in [0.2, 0.25) is 11.8 Å². The molecule has 2 aromatic rings. The molecular weight excluding hydrogens is 378 g/mol. The van der Waals surface area contributed by atoms with Crippen LogP contribution in [0, 0.1) is 5.92 Å². The van der Waals surface area contributed by atoms with Gasteiger partial charge < -0.3 is 14.6 Å². The Hall–Kier alpha value is -2.41. The highest BCUT2D eigenvalue weighted by Crippen LogP contribution is 2.31. The van der Waals surface area contributed by atoms with Crippen molar-refractivity contribution in [2.45, 2.75) is 64.5 Å². The SMILES string of the molecule is CCc1nnc(CN2CCC(C3CCCCCN3C(=O)Nc3ccccc3)CC2)o1. The number of urea groups is 1. The second-order valence-electron chi connectivity index (χ2n) is 8.46. The molecular formula is C23H33N5O2. The van der Waals surface area contributed by atoms with Gasteiger partial charge in [-0.25, -0.2) is 4.79 Å². The molecule has 0 bridgehead atoms. The zero-order valence-electron chi connectivity index (χ0n) is 17.9. The molecule has 2 amide bonds. The van der Waals surface area contributed by atoms with Crippen LogP contribution in [0.15, 0.2) is 34.7 Å². The maximum absolute atomic E-state index is 13.1. The summed E-state index contributed by atoms with van der Waals surface area (Å²) in [5, 5.41) is 11.3. The molecule has 2 saturated heterocycles. The Balaban J connectivity index is 1.35. The quantitative estimate of drug-likeness (QED) is 0.793. The zero-order valence-corrected chi connectivity index (χ0v) is 17.9. The number of amides is 2. The molecule has 2 aliphatic heterocycles. The lowest BCUT2D eigenvalue weighted by Crippen LogP contribution is -2.49. The molecule has 0 aliphatic carbocycles. The molecule has 1 unspecified atom stereocenters. The number of anilines is 1. The highest BCUT2D eigenvalue weighted by Gasteiger charge is 2.34. The van der Waals surface area contributed by atoms with E-state index in [9.17, 15) is 4.79 Å². The molecule has 1 atom stereocenters. The fraction of sp³-hybridized carbons (Fsp3) is 0.609. The molecule has 2 aliphatic rings. The first kappa shape index (κ1) is 20.8. The average molecular weight is 412 g/mol. The van der Waals surface area contributed by atoms with Gasteiger partial charge in [0.05, 0.1) is 6.54 Å². The minimum Gasteiger partial charge on any atom is -0.424 e. The number of carbonyl (C=O) groups is 1. The third-order valence-corrected chi connectivity index (χ3v) is 6.43. The van der Waals surface area contributed by atoms with Crippen molar-refractivity contribution in [3.63, 3.8) is 0 Å². The van der Waals surface area contributed by atoms with Crippen LogP contribution in [-0.4, -0.2) is 51.7 Å². The van der Waals surface area contributed by atoms with Crippen molar-refractivity contribution in [1.29, 1.82) is 0 Å². The van der Waals surface area contributed by atoms with Crippen molar-refractivity contribution in [1.82, 2.24) is 20.0 Å². The van der Waals surface area contributed by atoms with E-state index in [-0.39, 0.29) is 6.03 Å².